The Morgan fingerprint density at radius 1 is 1.44 bits per heavy atom. The van der Waals surface area contributed by atoms with E-state index >= 15 is 0 Å². The van der Waals surface area contributed by atoms with Crippen molar-refractivity contribution < 1.29 is 9.59 Å². The lowest BCUT2D eigenvalue weighted by atomic mass is 10.0. The molecule has 3 N–H and O–H groups in total. The molecular formula is C13H15N3O2. The Labute approximate surface area is 105 Å². The monoisotopic (exact) mass is 245 g/mol. The van der Waals surface area contributed by atoms with Crippen LogP contribution in [0.1, 0.15) is 32.7 Å². The second-order valence-corrected chi connectivity index (χ2v) is 4.78. The molecular weight excluding hydrogens is 230 g/mol. The van der Waals surface area contributed by atoms with Gasteiger partial charge in [0.15, 0.2) is 0 Å². The van der Waals surface area contributed by atoms with Crippen molar-refractivity contribution in [1.82, 2.24) is 10.2 Å². The van der Waals surface area contributed by atoms with Gasteiger partial charge in [-0.25, -0.2) is 0 Å². The number of carbonyl (C=O) groups is 2. The third-order valence-electron chi connectivity index (χ3n) is 3.71. The van der Waals surface area contributed by atoms with Gasteiger partial charge in [0.1, 0.15) is 0 Å². The van der Waals surface area contributed by atoms with Crippen LogP contribution < -0.4 is 11.1 Å². The van der Waals surface area contributed by atoms with Gasteiger partial charge < -0.3 is 16.0 Å². The molecule has 2 aliphatic rings. The van der Waals surface area contributed by atoms with E-state index in [-0.39, 0.29) is 11.9 Å². The smallest absolute Gasteiger partial charge is 0.255 e. The SMILES string of the molecule is NC(=O)c1cccc2c1C(=O)N(C1CCNC1)C2. The molecule has 1 saturated heterocycles. The van der Waals surface area contributed by atoms with Crippen LogP contribution in [0.25, 0.3) is 0 Å². The Morgan fingerprint density at radius 3 is 2.94 bits per heavy atom. The van der Waals surface area contributed by atoms with E-state index in [0.717, 1.165) is 25.1 Å². The summed E-state index contributed by atoms with van der Waals surface area (Å²) in [7, 11) is 0. The van der Waals surface area contributed by atoms with Gasteiger partial charge in [-0.15, -0.1) is 0 Å². The second kappa shape index (κ2) is 4.10. The lowest BCUT2D eigenvalue weighted by molar-refractivity contribution is 0.0714. The third-order valence-corrected chi connectivity index (χ3v) is 3.71. The minimum Gasteiger partial charge on any atom is -0.366 e. The molecule has 0 aromatic heterocycles. The first kappa shape index (κ1) is 11.2. The number of amides is 2. The van der Waals surface area contributed by atoms with E-state index in [4.69, 9.17) is 5.73 Å². The molecule has 5 heteroatoms. The zero-order valence-corrected chi connectivity index (χ0v) is 9.98. The van der Waals surface area contributed by atoms with Crippen LogP contribution in [0.3, 0.4) is 0 Å². The summed E-state index contributed by atoms with van der Waals surface area (Å²) in [5, 5.41) is 3.25. The number of nitrogens with one attached hydrogen (secondary N) is 1. The molecule has 2 amide bonds. The summed E-state index contributed by atoms with van der Waals surface area (Å²) in [5.41, 5.74) is 7.07. The Kier molecular flexibility index (Phi) is 2.56. The molecule has 2 heterocycles. The molecule has 1 atom stereocenters. The summed E-state index contributed by atoms with van der Waals surface area (Å²) in [6.07, 6.45) is 0.964. The molecule has 0 radical (unpaired) electrons. The van der Waals surface area contributed by atoms with Crippen molar-refractivity contribution in [3.8, 4) is 0 Å². The molecule has 5 nitrogen and oxygen atoms in total. The summed E-state index contributed by atoms with van der Waals surface area (Å²) in [4.78, 5) is 25.6. The van der Waals surface area contributed by atoms with E-state index in [0.29, 0.717) is 17.7 Å². The minimum absolute atomic E-state index is 0.0619. The number of benzene rings is 1. The Bertz CT molecular complexity index is 521. The molecule has 0 saturated carbocycles. The normalized spacial score (nSPS) is 22.3. The highest BCUT2D eigenvalue weighted by molar-refractivity contribution is 6.09. The lowest BCUT2D eigenvalue weighted by Gasteiger charge is -2.22. The number of fused-ring (bicyclic) bond motifs is 1. The topological polar surface area (TPSA) is 75.4 Å². The fourth-order valence-corrected chi connectivity index (χ4v) is 2.79. The Morgan fingerprint density at radius 2 is 2.28 bits per heavy atom. The van der Waals surface area contributed by atoms with Crippen LogP contribution in [0.5, 0.6) is 0 Å². The number of nitrogens with two attached hydrogens (primary N) is 1. The van der Waals surface area contributed by atoms with Gasteiger partial charge in [0, 0.05) is 19.1 Å². The van der Waals surface area contributed by atoms with Crippen molar-refractivity contribution >= 4 is 11.8 Å². The van der Waals surface area contributed by atoms with Crippen LogP contribution in [0.4, 0.5) is 0 Å². The molecule has 1 aromatic carbocycles. The zero-order chi connectivity index (χ0) is 12.7. The second-order valence-electron chi connectivity index (χ2n) is 4.78. The van der Waals surface area contributed by atoms with E-state index < -0.39 is 5.91 Å². The summed E-state index contributed by atoms with van der Waals surface area (Å²) < 4.78 is 0. The fraction of sp³-hybridized carbons (Fsp3) is 0.385. The number of hydrogen-bond donors (Lipinski definition) is 2. The summed E-state index contributed by atoms with van der Waals surface area (Å²) in [5.74, 6) is -0.598. The highest BCUT2D eigenvalue weighted by atomic mass is 16.2. The molecule has 2 aliphatic heterocycles. The lowest BCUT2D eigenvalue weighted by Crippen LogP contribution is -2.37. The number of carbonyl (C=O) groups excluding carboxylic acids is 2. The van der Waals surface area contributed by atoms with Crippen molar-refractivity contribution in [3.63, 3.8) is 0 Å². The van der Waals surface area contributed by atoms with Crippen molar-refractivity contribution in [3.05, 3.63) is 34.9 Å². The molecule has 0 spiro atoms. The molecule has 3 rings (SSSR count). The van der Waals surface area contributed by atoms with Gasteiger partial charge in [0.25, 0.3) is 5.91 Å². The number of rotatable bonds is 2. The van der Waals surface area contributed by atoms with Crippen LogP contribution >= 0.6 is 0 Å². The third kappa shape index (κ3) is 1.59. The first-order valence-corrected chi connectivity index (χ1v) is 6.12. The van der Waals surface area contributed by atoms with Crippen LogP contribution in [-0.4, -0.2) is 35.8 Å². The maximum absolute atomic E-state index is 12.4. The van der Waals surface area contributed by atoms with Gasteiger partial charge in [-0.3, -0.25) is 9.59 Å². The molecule has 0 aliphatic carbocycles. The molecule has 18 heavy (non-hydrogen) atoms. The van der Waals surface area contributed by atoms with Crippen LogP contribution in [-0.2, 0) is 6.54 Å². The first-order valence-electron chi connectivity index (χ1n) is 6.12. The molecule has 0 bridgehead atoms. The van der Waals surface area contributed by atoms with Gasteiger partial charge in [0.05, 0.1) is 11.1 Å². The van der Waals surface area contributed by atoms with Crippen molar-refractivity contribution in [2.45, 2.75) is 19.0 Å². The van der Waals surface area contributed by atoms with Gasteiger partial charge in [0.2, 0.25) is 5.91 Å². The molecule has 94 valence electrons. The van der Waals surface area contributed by atoms with Gasteiger partial charge in [-0.2, -0.15) is 0 Å². The van der Waals surface area contributed by atoms with Crippen molar-refractivity contribution in [2.75, 3.05) is 13.1 Å². The summed E-state index contributed by atoms with van der Waals surface area (Å²) in [6.45, 7) is 2.35. The number of primary amides is 1. The summed E-state index contributed by atoms with van der Waals surface area (Å²) >= 11 is 0. The number of nitrogens with zero attached hydrogens (tertiary/aromatic N) is 1. The van der Waals surface area contributed by atoms with Crippen LogP contribution in [0, 0.1) is 0 Å². The average Bonchev–Trinajstić information content (AvgIpc) is 2.97. The van der Waals surface area contributed by atoms with E-state index in [2.05, 4.69) is 5.32 Å². The van der Waals surface area contributed by atoms with E-state index in [1.807, 2.05) is 11.0 Å². The Balaban J connectivity index is 1.98. The minimum atomic E-state index is -0.536. The van der Waals surface area contributed by atoms with Crippen molar-refractivity contribution in [1.29, 1.82) is 0 Å². The quantitative estimate of drug-likeness (QED) is 0.776. The largest absolute Gasteiger partial charge is 0.366 e. The maximum Gasteiger partial charge on any atom is 0.255 e. The molecule has 1 fully saturated rings. The fourth-order valence-electron chi connectivity index (χ4n) is 2.79. The van der Waals surface area contributed by atoms with Gasteiger partial charge in [-0.1, -0.05) is 12.1 Å². The zero-order valence-electron chi connectivity index (χ0n) is 9.98. The van der Waals surface area contributed by atoms with Crippen molar-refractivity contribution in [2.24, 2.45) is 5.73 Å². The van der Waals surface area contributed by atoms with E-state index in [9.17, 15) is 9.59 Å². The first-order chi connectivity index (χ1) is 8.68. The van der Waals surface area contributed by atoms with E-state index in [1.165, 1.54) is 0 Å². The Hall–Kier alpha value is -1.88. The number of hydrogen-bond acceptors (Lipinski definition) is 3. The highest BCUT2D eigenvalue weighted by Gasteiger charge is 2.36. The van der Waals surface area contributed by atoms with Crippen LogP contribution in [0.2, 0.25) is 0 Å². The predicted molar refractivity (Wildman–Crippen MR) is 66.1 cm³/mol. The standard InChI is InChI=1S/C13H15N3O2/c14-12(17)10-3-1-2-8-7-16(13(18)11(8)10)9-4-5-15-6-9/h1-3,9,15H,4-7H2,(H2,14,17). The summed E-state index contributed by atoms with van der Waals surface area (Å²) in [6, 6.07) is 5.52. The molecule has 1 unspecified atom stereocenters. The van der Waals surface area contributed by atoms with Gasteiger partial charge in [-0.05, 0) is 24.6 Å². The van der Waals surface area contributed by atoms with Crippen LogP contribution in [0.15, 0.2) is 18.2 Å². The maximum atomic E-state index is 12.4. The predicted octanol–water partition coefficient (Wildman–Crippen LogP) is 0.103. The molecule has 1 aromatic rings. The van der Waals surface area contributed by atoms with Gasteiger partial charge >= 0.3 is 0 Å². The average molecular weight is 245 g/mol. The van der Waals surface area contributed by atoms with E-state index in [1.54, 1.807) is 12.1 Å². The highest BCUT2D eigenvalue weighted by Crippen LogP contribution is 2.28.